The van der Waals surface area contributed by atoms with E-state index in [9.17, 15) is 14.0 Å². The lowest BCUT2D eigenvalue weighted by atomic mass is 9.73. The van der Waals surface area contributed by atoms with Crippen molar-refractivity contribution in [3.63, 3.8) is 0 Å². The molecule has 1 aromatic rings. The molecule has 0 unspecified atom stereocenters. The molecule has 5 heteroatoms. The van der Waals surface area contributed by atoms with Crippen LogP contribution in [0.5, 0.6) is 0 Å². The second-order valence-corrected chi connectivity index (χ2v) is 5.35. The highest BCUT2D eigenvalue weighted by Gasteiger charge is 2.40. The molecule has 1 aromatic carbocycles. The molecule has 18 heavy (non-hydrogen) atoms. The Bertz CT molecular complexity index is 514. The molecule has 0 bridgehead atoms. The first-order valence-electron chi connectivity index (χ1n) is 5.67. The average molecular weight is 316 g/mol. The second kappa shape index (κ2) is 4.94. The number of hydrogen-bond acceptors (Lipinski definition) is 2. The summed E-state index contributed by atoms with van der Waals surface area (Å²) in [4.78, 5) is 0. The second-order valence-electron chi connectivity index (χ2n) is 4.55. The van der Waals surface area contributed by atoms with Crippen LogP contribution in [0.15, 0.2) is 16.6 Å². The standard InChI is InChI=1S/C13H12BrF2NO/c1-8-6-13(7-17,4-5-18-8)9-2-3-10(15)11(14)12(9)16/h2-3,8H,4-6H2,1H3/t8-,13-/m0/s1. The summed E-state index contributed by atoms with van der Waals surface area (Å²) in [5, 5.41) is 9.42. The average Bonchev–Trinajstić information content (AvgIpc) is 2.36. The quantitative estimate of drug-likeness (QED) is 0.740. The molecule has 1 aliphatic heterocycles. The molecule has 1 aliphatic rings. The molecule has 0 spiro atoms. The van der Waals surface area contributed by atoms with Crippen LogP contribution in [0.3, 0.4) is 0 Å². The van der Waals surface area contributed by atoms with E-state index in [1.165, 1.54) is 12.1 Å². The molecule has 2 nitrogen and oxygen atoms in total. The maximum atomic E-state index is 14.1. The molecule has 1 saturated heterocycles. The van der Waals surface area contributed by atoms with Gasteiger partial charge in [0.2, 0.25) is 0 Å². The molecule has 0 N–H and O–H groups in total. The monoisotopic (exact) mass is 315 g/mol. The molecule has 2 rings (SSSR count). The fourth-order valence-corrected chi connectivity index (χ4v) is 2.73. The predicted octanol–water partition coefficient (Wildman–Crippen LogP) is 3.69. The van der Waals surface area contributed by atoms with Gasteiger partial charge < -0.3 is 4.74 Å². The Morgan fingerprint density at radius 2 is 2.22 bits per heavy atom. The van der Waals surface area contributed by atoms with E-state index in [0.29, 0.717) is 19.4 Å². The van der Waals surface area contributed by atoms with Crippen molar-refractivity contribution >= 4 is 15.9 Å². The molecule has 0 aliphatic carbocycles. The summed E-state index contributed by atoms with van der Waals surface area (Å²) in [6.45, 7) is 2.25. The Morgan fingerprint density at radius 3 is 2.83 bits per heavy atom. The molecule has 0 radical (unpaired) electrons. The van der Waals surface area contributed by atoms with Crippen LogP contribution >= 0.6 is 15.9 Å². The topological polar surface area (TPSA) is 33.0 Å². The Balaban J connectivity index is 2.52. The van der Waals surface area contributed by atoms with Crippen LogP contribution in [0.25, 0.3) is 0 Å². The van der Waals surface area contributed by atoms with Crippen molar-refractivity contribution in [3.05, 3.63) is 33.8 Å². The normalized spacial score (nSPS) is 27.8. The zero-order chi connectivity index (χ0) is 13.3. The summed E-state index contributed by atoms with van der Waals surface area (Å²) in [5.41, 5.74) is -0.689. The first kappa shape index (κ1) is 13.4. The van der Waals surface area contributed by atoms with Crippen LogP contribution in [0, 0.1) is 23.0 Å². The van der Waals surface area contributed by atoms with Gasteiger partial charge in [0, 0.05) is 12.2 Å². The van der Waals surface area contributed by atoms with Crippen molar-refractivity contribution in [2.75, 3.05) is 6.61 Å². The van der Waals surface area contributed by atoms with Crippen molar-refractivity contribution in [1.82, 2.24) is 0 Å². The van der Waals surface area contributed by atoms with Gasteiger partial charge in [-0.25, -0.2) is 8.78 Å². The van der Waals surface area contributed by atoms with Gasteiger partial charge in [-0.3, -0.25) is 0 Å². The summed E-state index contributed by atoms with van der Waals surface area (Å²) < 4.78 is 32.5. The van der Waals surface area contributed by atoms with E-state index in [4.69, 9.17) is 4.74 Å². The molecule has 0 amide bonds. The van der Waals surface area contributed by atoms with E-state index in [-0.39, 0.29) is 16.1 Å². The van der Waals surface area contributed by atoms with Gasteiger partial charge in [0.1, 0.15) is 11.6 Å². The van der Waals surface area contributed by atoms with Crippen LogP contribution < -0.4 is 0 Å². The predicted molar refractivity (Wildman–Crippen MR) is 66.0 cm³/mol. The molecule has 0 saturated carbocycles. The lowest BCUT2D eigenvalue weighted by molar-refractivity contribution is 0.00280. The van der Waals surface area contributed by atoms with Gasteiger partial charge in [0.05, 0.1) is 22.1 Å². The smallest absolute Gasteiger partial charge is 0.145 e. The molecular weight excluding hydrogens is 304 g/mol. The third-order valence-corrected chi connectivity index (χ3v) is 4.06. The zero-order valence-corrected chi connectivity index (χ0v) is 11.4. The van der Waals surface area contributed by atoms with E-state index in [0.717, 1.165) is 0 Å². The summed E-state index contributed by atoms with van der Waals surface area (Å²) in [6.07, 6.45) is 0.725. The maximum Gasteiger partial charge on any atom is 0.145 e. The number of ether oxygens (including phenoxy) is 1. The summed E-state index contributed by atoms with van der Waals surface area (Å²) in [7, 11) is 0. The largest absolute Gasteiger partial charge is 0.378 e. The molecule has 2 atom stereocenters. The van der Waals surface area contributed by atoms with E-state index < -0.39 is 17.0 Å². The van der Waals surface area contributed by atoms with Crippen molar-refractivity contribution in [2.45, 2.75) is 31.3 Å². The first-order chi connectivity index (χ1) is 8.50. The molecule has 1 heterocycles. The van der Waals surface area contributed by atoms with Crippen molar-refractivity contribution in [2.24, 2.45) is 0 Å². The summed E-state index contributed by atoms with van der Waals surface area (Å²) >= 11 is 2.87. The minimum atomic E-state index is -0.933. The third-order valence-electron chi connectivity index (χ3n) is 3.33. The van der Waals surface area contributed by atoms with Crippen molar-refractivity contribution in [1.29, 1.82) is 5.26 Å². The Hall–Kier alpha value is -0.990. The van der Waals surface area contributed by atoms with Gasteiger partial charge in [0.25, 0.3) is 0 Å². The highest BCUT2D eigenvalue weighted by atomic mass is 79.9. The molecule has 1 fully saturated rings. The van der Waals surface area contributed by atoms with Crippen molar-refractivity contribution in [3.8, 4) is 6.07 Å². The minimum absolute atomic E-state index is 0.110. The summed E-state index contributed by atoms with van der Waals surface area (Å²) in [5.74, 6) is -1.35. The number of rotatable bonds is 1. The zero-order valence-electron chi connectivity index (χ0n) is 9.84. The number of nitrogens with zero attached hydrogens (tertiary/aromatic N) is 1. The number of hydrogen-bond donors (Lipinski definition) is 0. The fraction of sp³-hybridized carbons (Fsp3) is 0.462. The van der Waals surface area contributed by atoms with Gasteiger partial charge >= 0.3 is 0 Å². The van der Waals surface area contributed by atoms with Crippen LogP contribution in [0.4, 0.5) is 8.78 Å². The van der Waals surface area contributed by atoms with Gasteiger partial charge in [0.15, 0.2) is 0 Å². The van der Waals surface area contributed by atoms with E-state index in [2.05, 4.69) is 22.0 Å². The van der Waals surface area contributed by atoms with E-state index >= 15 is 0 Å². The Morgan fingerprint density at radius 1 is 1.50 bits per heavy atom. The Labute approximate surface area is 113 Å². The van der Waals surface area contributed by atoms with Crippen molar-refractivity contribution < 1.29 is 13.5 Å². The van der Waals surface area contributed by atoms with Crippen LogP contribution in [0.1, 0.15) is 25.3 Å². The van der Waals surface area contributed by atoms with Crippen LogP contribution in [-0.2, 0) is 10.2 Å². The SMILES string of the molecule is C[C@H]1C[C@@](C#N)(c2ccc(F)c(Br)c2F)CCO1. The molecular formula is C13H12BrF2NO. The highest BCUT2D eigenvalue weighted by Crippen LogP contribution is 2.39. The number of halogens is 3. The van der Waals surface area contributed by atoms with Gasteiger partial charge in [-0.1, -0.05) is 6.07 Å². The molecule has 0 aromatic heterocycles. The van der Waals surface area contributed by atoms with Gasteiger partial charge in [-0.05, 0) is 41.8 Å². The summed E-state index contributed by atoms with van der Waals surface area (Å²) in [6, 6.07) is 4.73. The number of benzene rings is 1. The van der Waals surface area contributed by atoms with Gasteiger partial charge in [-0.15, -0.1) is 0 Å². The van der Waals surface area contributed by atoms with E-state index in [1.54, 1.807) is 0 Å². The lowest BCUT2D eigenvalue weighted by Crippen LogP contribution is -2.37. The fourth-order valence-electron chi connectivity index (χ4n) is 2.39. The minimum Gasteiger partial charge on any atom is -0.378 e. The highest BCUT2D eigenvalue weighted by molar-refractivity contribution is 9.10. The van der Waals surface area contributed by atoms with Gasteiger partial charge in [-0.2, -0.15) is 5.26 Å². The third kappa shape index (κ3) is 2.15. The Kier molecular flexibility index (Phi) is 3.69. The van der Waals surface area contributed by atoms with Crippen LogP contribution in [0.2, 0.25) is 0 Å². The number of nitriles is 1. The van der Waals surface area contributed by atoms with Crippen LogP contribution in [-0.4, -0.2) is 12.7 Å². The van der Waals surface area contributed by atoms with E-state index in [1.807, 2.05) is 6.92 Å². The molecule has 96 valence electrons. The first-order valence-corrected chi connectivity index (χ1v) is 6.46. The lowest BCUT2D eigenvalue weighted by Gasteiger charge is -2.35. The maximum absolute atomic E-state index is 14.1.